The van der Waals surface area contributed by atoms with E-state index in [-0.39, 0.29) is 5.69 Å². The van der Waals surface area contributed by atoms with E-state index in [2.05, 4.69) is 5.16 Å². The second-order valence-corrected chi connectivity index (χ2v) is 5.45. The number of oxime groups is 1. The minimum Gasteiger partial charge on any atom is -0.352 e. The van der Waals surface area contributed by atoms with Crippen LogP contribution in [0.5, 0.6) is 5.75 Å². The minimum absolute atomic E-state index is 0.0369. The molecule has 122 valence electrons. The van der Waals surface area contributed by atoms with E-state index in [9.17, 15) is 10.1 Å². The zero-order valence-corrected chi connectivity index (χ0v) is 13.1. The lowest BCUT2D eigenvalue weighted by atomic mass is 10.1. The van der Waals surface area contributed by atoms with Crippen LogP contribution in [0.2, 0.25) is 0 Å². The predicted octanol–water partition coefficient (Wildman–Crippen LogP) is 4.49. The molecule has 0 aromatic heterocycles. The maximum absolute atomic E-state index is 11.0. The van der Waals surface area contributed by atoms with Gasteiger partial charge in [-0.3, -0.25) is 15.0 Å². The number of benzene rings is 3. The van der Waals surface area contributed by atoms with Gasteiger partial charge < -0.3 is 4.84 Å². The van der Waals surface area contributed by atoms with Crippen molar-refractivity contribution < 1.29 is 9.76 Å². The van der Waals surface area contributed by atoms with Crippen molar-refractivity contribution in [3.8, 4) is 5.75 Å². The van der Waals surface area contributed by atoms with E-state index in [4.69, 9.17) is 4.84 Å². The average molecular weight is 331 g/mol. The summed E-state index contributed by atoms with van der Waals surface area (Å²) >= 11 is 0. The Morgan fingerprint density at radius 2 is 1.60 bits per heavy atom. The zero-order valence-electron chi connectivity index (χ0n) is 13.1. The van der Waals surface area contributed by atoms with E-state index < -0.39 is 4.92 Å². The van der Waals surface area contributed by atoms with Crippen LogP contribution in [0.25, 0.3) is 0 Å². The summed E-state index contributed by atoms with van der Waals surface area (Å²) in [5.74, 6) is 0.964. The van der Waals surface area contributed by atoms with Crippen molar-refractivity contribution in [2.24, 2.45) is 5.16 Å². The first kappa shape index (κ1) is 14.9. The number of hydrogen-bond acceptors (Lipinski definition) is 5. The van der Waals surface area contributed by atoms with Crippen LogP contribution in [0, 0.1) is 10.1 Å². The van der Waals surface area contributed by atoms with Gasteiger partial charge in [-0.1, -0.05) is 53.7 Å². The van der Waals surface area contributed by atoms with Crippen LogP contribution in [0.4, 0.5) is 17.1 Å². The van der Waals surface area contributed by atoms with Gasteiger partial charge in [0.05, 0.1) is 16.7 Å². The summed E-state index contributed by atoms with van der Waals surface area (Å²) in [4.78, 5) is 18.0. The normalized spacial score (nSPS) is 12.8. The quantitative estimate of drug-likeness (QED) is 0.524. The fraction of sp³-hybridized carbons (Fsp3) is 0. The monoisotopic (exact) mass is 331 g/mol. The second-order valence-electron chi connectivity index (χ2n) is 5.45. The van der Waals surface area contributed by atoms with E-state index in [0.717, 1.165) is 11.3 Å². The summed E-state index contributed by atoms with van der Waals surface area (Å²) in [6.07, 6.45) is 0. The van der Waals surface area contributed by atoms with Crippen molar-refractivity contribution in [3.05, 3.63) is 94.5 Å². The van der Waals surface area contributed by atoms with E-state index in [0.29, 0.717) is 17.3 Å². The largest absolute Gasteiger partial charge is 0.352 e. The third-order valence-corrected chi connectivity index (χ3v) is 3.88. The predicted molar refractivity (Wildman–Crippen MR) is 95.3 cm³/mol. The number of para-hydroxylation sites is 1. The van der Waals surface area contributed by atoms with Crippen LogP contribution in [-0.2, 0) is 0 Å². The minimum atomic E-state index is -0.451. The standard InChI is InChI=1S/C19H13N3O3/c23-22(24)16-11-12-17-18(13-16)25-20-19(14-7-3-1-4-8-14)21(17)15-9-5-2-6-10-15/h1-13H. The number of nitrogens with zero attached hydrogens (tertiary/aromatic N) is 3. The van der Waals surface area contributed by atoms with Gasteiger partial charge in [-0.25, -0.2) is 0 Å². The summed E-state index contributed by atoms with van der Waals surface area (Å²) in [6, 6.07) is 23.9. The Hall–Kier alpha value is -3.67. The Morgan fingerprint density at radius 3 is 2.28 bits per heavy atom. The van der Waals surface area contributed by atoms with Crippen LogP contribution >= 0.6 is 0 Å². The molecule has 0 aliphatic carbocycles. The number of nitro groups is 1. The van der Waals surface area contributed by atoms with Crippen molar-refractivity contribution >= 4 is 22.9 Å². The number of anilines is 2. The SMILES string of the molecule is O=[N+]([O-])c1ccc2c(c1)ON=C(c1ccccc1)N2c1ccccc1. The molecule has 6 heteroatoms. The lowest BCUT2D eigenvalue weighted by molar-refractivity contribution is -0.384. The lowest BCUT2D eigenvalue weighted by Gasteiger charge is -2.30. The summed E-state index contributed by atoms with van der Waals surface area (Å²) in [6.45, 7) is 0. The molecule has 25 heavy (non-hydrogen) atoms. The highest BCUT2D eigenvalue weighted by molar-refractivity contribution is 6.15. The third-order valence-electron chi connectivity index (χ3n) is 3.88. The first-order chi connectivity index (χ1) is 12.2. The van der Waals surface area contributed by atoms with E-state index in [1.807, 2.05) is 65.6 Å². The molecular weight excluding hydrogens is 318 g/mol. The van der Waals surface area contributed by atoms with Gasteiger partial charge in [-0.05, 0) is 18.2 Å². The van der Waals surface area contributed by atoms with Gasteiger partial charge in [0.25, 0.3) is 5.69 Å². The van der Waals surface area contributed by atoms with Crippen molar-refractivity contribution in [1.29, 1.82) is 0 Å². The molecule has 3 aromatic carbocycles. The molecule has 6 nitrogen and oxygen atoms in total. The fourth-order valence-corrected chi connectivity index (χ4v) is 2.73. The Morgan fingerprint density at radius 1 is 0.920 bits per heavy atom. The molecule has 4 rings (SSSR count). The zero-order chi connectivity index (χ0) is 17.2. The van der Waals surface area contributed by atoms with E-state index in [1.54, 1.807) is 6.07 Å². The maximum Gasteiger partial charge on any atom is 0.273 e. The number of non-ortho nitro benzene ring substituents is 1. The molecule has 0 amide bonds. The van der Waals surface area contributed by atoms with Crippen molar-refractivity contribution in [3.63, 3.8) is 0 Å². The van der Waals surface area contributed by atoms with Gasteiger partial charge in [-0.2, -0.15) is 0 Å². The molecule has 1 aliphatic rings. The topological polar surface area (TPSA) is 68.0 Å². The van der Waals surface area contributed by atoms with E-state index >= 15 is 0 Å². The molecule has 0 spiro atoms. The fourth-order valence-electron chi connectivity index (χ4n) is 2.73. The van der Waals surface area contributed by atoms with Crippen LogP contribution < -0.4 is 9.74 Å². The number of nitro benzene ring substituents is 1. The Kier molecular flexibility index (Phi) is 3.63. The molecule has 0 radical (unpaired) electrons. The Bertz CT molecular complexity index is 956. The number of amidine groups is 1. The summed E-state index contributed by atoms with van der Waals surface area (Å²) in [7, 11) is 0. The Balaban J connectivity index is 1.88. The van der Waals surface area contributed by atoms with Gasteiger partial charge in [0.2, 0.25) is 0 Å². The summed E-state index contributed by atoms with van der Waals surface area (Å²) in [5, 5.41) is 15.2. The molecule has 0 saturated heterocycles. The number of fused-ring (bicyclic) bond motifs is 1. The first-order valence-corrected chi connectivity index (χ1v) is 7.68. The number of hydrogen-bond donors (Lipinski definition) is 0. The molecular formula is C19H13N3O3. The third kappa shape index (κ3) is 2.70. The van der Waals surface area contributed by atoms with Gasteiger partial charge in [0.1, 0.15) is 0 Å². The molecule has 1 aliphatic heterocycles. The highest BCUT2D eigenvalue weighted by Gasteiger charge is 2.27. The molecule has 0 unspecified atom stereocenters. The maximum atomic E-state index is 11.0. The summed E-state index contributed by atoms with van der Waals surface area (Å²) in [5.41, 5.74) is 2.44. The van der Waals surface area contributed by atoms with Crippen molar-refractivity contribution in [2.75, 3.05) is 4.90 Å². The molecule has 3 aromatic rings. The summed E-state index contributed by atoms with van der Waals surface area (Å²) < 4.78 is 0. The molecule has 0 atom stereocenters. The van der Waals surface area contributed by atoms with Gasteiger partial charge in [0, 0.05) is 17.3 Å². The van der Waals surface area contributed by atoms with Crippen LogP contribution in [0.15, 0.2) is 84.0 Å². The smallest absolute Gasteiger partial charge is 0.273 e. The van der Waals surface area contributed by atoms with Gasteiger partial charge in [-0.15, -0.1) is 0 Å². The first-order valence-electron chi connectivity index (χ1n) is 7.68. The van der Waals surface area contributed by atoms with Gasteiger partial charge >= 0.3 is 0 Å². The van der Waals surface area contributed by atoms with Crippen molar-refractivity contribution in [1.82, 2.24) is 0 Å². The van der Waals surface area contributed by atoms with Crippen molar-refractivity contribution in [2.45, 2.75) is 0 Å². The van der Waals surface area contributed by atoms with E-state index in [1.165, 1.54) is 12.1 Å². The van der Waals surface area contributed by atoms with Crippen LogP contribution in [0.1, 0.15) is 5.56 Å². The lowest BCUT2D eigenvalue weighted by Crippen LogP contribution is -2.30. The molecule has 1 heterocycles. The number of rotatable bonds is 3. The molecule has 0 fully saturated rings. The van der Waals surface area contributed by atoms with Crippen LogP contribution in [0.3, 0.4) is 0 Å². The van der Waals surface area contributed by atoms with Crippen LogP contribution in [-0.4, -0.2) is 10.8 Å². The molecule has 0 saturated carbocycles. The van der Waals surface area contributed by atoms with Gasteiger partial charge in [0.15, 0.2) is 11.6 Å². The molecule has 0 N–H and O–H groups in total. The average Bonchev–Trinajstić information content (AvgIpc) is 2.68. The highest BCUT2D eigenvalue weighted by Crippen LogP contribution is 2.40. The Labute approximate surface area is 143 Å². The highest BCUT2D eigenvalue weighted by atomic mass is 16.6. The second kappa shape index (κ2) is 6.09. The molecule has 0 bridgehead atoms.